The van der Waals surface area contributed by atoms with Crippen molar-refractivity contribution in [2.75, 3.05) is 12.4 Å². The van der Waals surface area contributed by atoms with Gasteiger partial charge in [0.25, 0.3) is 0 Å². The molecule has 2 amide bonds. The van der Waals surface area contributed by atoms with E-state index in [0.717, 1.165) is 18.3 Å². The predicted molar refractivity (Wildman–Crippen MR) is 107 cm³/mol. The first-order valence-corrected chi connectivity index (χ1v) is 8.82. The average molecular weight is 431 g/mol. The number of carbonyl (C=O) groups is 2. The number of benzene rings is 2. The second-order valence-corrected chi connectivity index (χ2v) is 6.17. The number of amides is 2. The molecule has 0 fully saturated rings. The van der Waals surface area contributed by atoms with Crippen LogP contribution in [0.15, 0.2) is 70.2 Å². The van der Waals surface area contributed by atoms with Gasteiger partial charge in [0.05, 0.1) is 18.9 Å². The van der Waals surface area contributed by atoms with Crippen molar-refractivity contribution < 1.29 is 31.9 Å². The van der Waals surface area contributed by atoms with Gasteiger partial charge >= 0.3 is 18.0 Å². The van der Waals surface area contributed by atoms with E-state index in [-0.39, 0.29) is 17.1 Å². The van der Waals surface area contributed by atoms with Crippen LogP contribution in [0, 0.1) is 0 Å². The summed E-state index contributed by atoms with van der Waals surface area (Å²) in [5.41, 5.74) is 1.83. The predicted octanol–water partition coefficient (Wildman–Crippen LogP) is 4.06. The van der Waals surface area contributed by atoms with Crippen molar-refractivity contribution in [1.29, 1.82) is 0 Å². The van der Waals surface area contributed by atoms with Crippen molar-refractivity contribution in [3.05, 3.63) is 72.0 Å². The monoisotopic (exact) mass is 431 g/mol. The van der Waals surface area contributed by atoms with Gasteiger partial charge in [0.2, 0.25) is 0 Å². The molecule has 10 heteroatoms. The molecular formula is C21H16F3N3O4. The number of ether oxygens (including phenoxy) is 1. The molecule has 3 rings (SSSR count). The highest BCUT2D eigenvalue weighted by molar-refractivity contribution is 6.39. The van der Waals surface area contributed by atoms with Gasteiger partial charge in [0.15, 0.2) is 0 Å². The van der Waals surface area contributed by atoms with E-state index in [1.807, 2.05) is 5.43 Å². The molecule has 0 atom stereocenters. The van der Waals surface area contributed by atoms with Gasteiger partial charge in [-0.1, -0.05) is 18.2 Å². The lowest BCUT2D eigenvalue weighted by atomic mass is 10.1. The van der Waals surface area contributed by atoms with Crippen LogP contribution in [0.2, 0.25) is 0 Å². The Kier molecular flexibility index (Phi) is 6.39. The highest BCUT2D eigenvalue weighted by Crippen LogP contribution is 2.32. The number of rotatable bonds is 5. The zero-order valence-corrected chi connectivity index (χ0v) is 16.1. The fourth-order valence-electron chi connectivity index (χ4n) is 2.52. The number of methoxy groups -OCH3 is 1. The third kappa shape index (κ3) is 5.72. The summed E-state index contributed by atoms with van der Waals surface area (Å²) < 4.78 is 49.0. The van der Waals surface area contributed by atoms with E-state index >= 15 is 0 Å². The summed E-state index contributed by atoms with van der Waals surface area (Å²) in [6.07, 6.45) is -3.35. The number of hydrazone groups is 1. The number of alkyl halides is 3. The van der Waals surface area contributed by atoms with Crippen LogP contribution in [-0.2, 0) is 15.8 Å². The Hall–Kier alpha value is -4.08. The summed E-state index contributed by atoms with van der Waals surface area (Å²) in [6, 6.07) is 14.0. The zero-order chi connectivity index (χ0) is 22.4. The minimum atomic E-state index is -4.47. The van der Waals surface area contributed by atoms with E-state index in [4.69, 9.17) is 9.15 Å². The van der Waals surface area contributed by atoms with Crippen molar-refractivity contribution in [2.45, 2.75) is 6.18 Å². The Morgan fingerprint density at radius 2 is 1.81 bits per heavy atom. The summed E-state index contributed by atoms with van der Waals surface area (Å²) in [4.78, 5) is 23.7. The summed E-state index contributed by atoms with van der Waals surface area (Å²) in [5.74, 6) is -1.11. The fourth-order valence-corrected chi connectivity index (χ4v) is 2.52. The third-order valence-electron chi connectivity index (χ3n) is 3.99. The Balaban J connectivity index is 1.60. The summed E-state index contributed by atoms with van der Waals surface area (Å²) in [7, 11) is 1.47. The number of carbonyl (C=O) groups excluding carboxylic acids is 2. The average Bonchev–Trinajstić information content (AvgIpc) is 3.22. The summed E-state index contributed by atoms with van der Waals surface area (Å²) in [6.45, 7) is 0. The van der Waals surface area contributed by atoms with Crippen molar-refractivity contribution in [3.8, 4) is 17.1 Å². The smallest absolute Gasteiger partial charge is 0.416 e. The first-order valence-electron chi connectivity index (χ1n) is 8.82. The van der Waals surface area contributed by atoms with E-state index < -0.39 is 23.6 Å². The van der Waals surface area contributed by atoms with Gasteiger partial charge in [-0.2, -0.15) is 18.3 Å². The van der Waals surface area contributed by atoms with Crippen LogP contribution in [0.1, 0.15) is 11.3 Å². The molecule has 160 valence electrons. The van der Waals surface area contributed by atoms with Crippen LogP contribution in [0.3, 0.4) is 0 Å². The third-order valence-corrected chi connectivity index (χ3v) is 3.99. The molecule has 0 bridgehead atoms. The number of hydrogen-bond acceptors (Lipinski definition) is 5. The normalized spacial score (nSPS) is 11.4. The minimum absolute atomic E-state index is 0.168. The molecule has 0 saturated carbocycles. The maximum Gasteiger partial charge on any atom is 0.416 e. The number of hydrogen-bond donors (Lipinski definition) is 2. The molecule has 3 aromatic rings. The van der Waals surface area contributed by atoms with Crippen LogP contribution in [-0.4, -0.2) is 25.1 Å². The SMILES string of the molecule is COc1cccc(NC(=O)C(=O)N/N=C/c2ccc(-c3cccc(C(F)(F)F)c3)o2)c1. The van der Waals surface area contributed by atoms with Crippen molar-refractivity contribution in [1.82, 2.24) is 5.43 Å². The number of nitrogens with one attached hydrogen (secondary N) is 2. The second kappa shape index (κ2) is 9.16. The first kappa shape index (κ1) is 21.6. The van der Waals surface area contributed by atoms with E-state index in [0.29, 0.717) is 11.4 Å². The van der Waals surface area contributed by atoms with Gasteiger partial charge in [-0.05, 0) is 36.4 Å². The molecule has 0 aliphatic heterocycles. The number of furan rings is 1. The topological polar surface area (TPSA) is 92.9 Å². The highest BCUT2D eigenvalue weighted by Gasteiger charge is 2.30. The largest absolute Gasteiger partial charge is 0.497 e. The Morgan fingerprint density at radius 1 is 1.03 bits per heavy atom. The van der Waals surface area contributed by atoms with Crippen LogP contribution in [0.25, 0.3) is 11.3 Å². The summed E-state index contributed by atoms with van der Waals surface area (Å²) in [5, 5.41) is 6.01. The molecule has 0 saturated heterocycles. The van der Waals surface area contributed by atoms with Crippen LogP contribution >= 0.6 is 0 Å². The van der Waals surface area contributed by atoms with Crippen LogP contribution < -0.4 is 15.5 Å². The minimum Gasteiger partial charge on any atom is -0.497 e. The number of anilines is 1. The number of halogens is 3. The maximum atomic E-state index is 12.8. The van der Waals surface area contributed by atoms with Crippen LogP contribution in [0.5, 0.6) is 5.75 Å². The Bertz CT molecular complexity index is 1120. The van der Waals surface area contributed by atoms with Crippen LogP contribution in [0.4, 0.5) is 18.9 Å². The molecule has 0 radical (unpaired) electrons. The van der Waals surface area contributed by atoms with Gasteiger partial charge in [0, 0.05) is 17.3 Å². The van der Waals surface area contributed by atoms with Crippen molar-refractivity contribution in [3.63, 3.8) is 0 Å². The lowest BCUT2D eigenvalue weighted by Crippen LogP contribution is -2.32. The Labute approximate surface area is 174 Å². The van der Waals surface area contributed by atoms with E-state index in [9.17, 15) is 22.8 Å². The van der Waals surface area contributed by atoms with E-state index in [1.54, 1.807) is 18.2 Å². The molecule has 31 heavy (non-hydrogen) atoms. The molecule has 0 spiro atoms. The molecule has 2 N–H and O–H groups in total. The molecule has 1 aromatic heterocycles. The maximum absolute atomic E-state index is 12.8. The molecule has 2 aromatic carbocycles. The molecule has 0 aliphatic rings. The molecular weight excluding hydrogens is 415 g/mol. The molecule has 0 unspecified atom stereocenters. The van der Waals surface area contributed by atoms with Crippen molar-refractivity contribution >= 4 is 23.7 Å². The lowest BCUT2D eigenvalue weighted by Gasteiger charge is -2.07. The van der Waals surface area contributed by atoms with Gasteiger partial charge in [-0.25, -0.2) is 5.43 Å². The highest BCUT2D eigenvalue weighted by atomic mass is 19.4. The molecule has 0 aliphatic carbocycles. The quantitative estimate of drug-likeness (QED) is 0.362. The number of nitrogens with zero attached hydrogens (tertiary/aromatic N) is 1. The fraction of sp³-hybridized carbons (Fsp3) is 0.0952. The summed E-state index contributed by atoms with van der Waals surface area (Å²) >= 11 is 0. The van der Waals surface area contributed by atoms with E-state index in [1.165, 1.54) is 37.4 Å². The van der Waals surface area contributed by atoms with E-state index in [2.05, 4.69) is 10.4 Å². The van der Waals surface area contributed by atoms with Gasteiger partial charge in [-0.15, -0.1) is 0 Å². The molecule has 7 nitrogen and oxygen atoms in total. The van der Waals surface area contributed by atoms with Crippen molar-refractivity contribution in [2.24, 2.45) is 5.10 Å². The van der Waals surface area contributed by atoms with Gasteiger partial charge < -0.3 is 14.5 Å². The second-order valence-electron chi connectivity index (χ2n) is 6.17. The lowest BCUT2D eigenvalue weighted by molar-refractivity contribution is -0.137. The standard InChI is InChI=1S/C21H16F3N3O4/c1-30-16-7-3-6-15(11-16)26-19(28)20(29)27-25-12-17-8-9-18(31-17)13-4-2-5-14(10-13)21(22,23)24/h2-12H,1H3,(H,26,28)(H,27,29)/b25-12+. The zero-order valence-electron chi connectivity index (χ0n) is 16.1. The first-order chi connectivity index (χ1) is 14.8. The van der Waals surface area contributed by atoms with Gasteiger partial charge in [-0.3, -0.25) is 9.59 Å². The van der Waals surface area contributed by atoms with Gasteiger partial charge in [0.1, 0.15) is 17.3 Å². The molecule has 1 heterocycles. The Morgan fingerprint density at radius 3 is 2.55 bits per heavy atom.